The largest absolute Gasteiger partial charge is 0.462 e. The van der Waals surface area contributed by atoms with Gasteiger partial charge in [-0.05, 0) is 43.3 Å². The van der Waals surface area contributed by atoms with Gasteiger partial charge >= 0.3 is 0 Å². The predicted molar refractivity (Wildman–Crippen MR) is 96.8 cm³/mol. The Morgan fingerprint density at radius 2 is 2.08 bits per heavy atom. The summed E-state index contributed by atoms with van der Waals surface area (Å²) in [6, 6.07) is 8.27. The summed E-state index contributed by atoms with van der Waals surface area (Å²) < 4.78 is 10.2. The number of amides is 2. The van der Waals surface area contributed by atoms with Crippen LogP contribution in [0.25, 0.3) is 6.08 Å². The number of hydrogen-bond acceptors (Lipinski definition) is 4. The number of anilines is 1. The number of benzene rings is 1. The summed E-state index contributed by atoms with van der Waals surface area (Å²) in [5.41, 5.74) is 0.820. The topological polar surface area (TPSA) is 80.6 Å². The van der Waals surface area contributed by atoms with E-state index in [1.54, 1.807) is 31.4 Å². The average molecular weight is 363 g/mol. The fourth-order valence-corrected chi connectivity index (χ4v) is 2.29. The molecule has 0 unspecified atom stereocenters. The molecule has 0 aliphatic heterocycles. The Hall–Kier alpha value is -2.57. The van der Waals surface area contributed by atoms with Gasteiger partial charge in [0.1, 0.15) is 11.5 Å². The van der Waals surface area contributed by atoms with Gasteiger partial charge in [-0.25, -0.2) is 0 Å². The lowest BCUT2D eigenvalue weighted by Crippen LogP contribution is -2.27. The fraction of sp³-hybridized carbons (Fsp3) is 0.222. The van der Waals surface area contributed by atoms with Crippen LogP contribution in [-0.2, 0) is 9.53 Å². The minimum Gasteiger partial charge on any atom is -0.462 e. The number of furan rings is 1. The summed E-state index contributed by atoms with van der Waals surface area (Å²) in [6.45, 7) is 2.63. The summed E-state index contributed by atoms with van der Waals surface area (Å²) in [5, 5.41) is 5.61. The maximum absolute atomic E-state index is 12.0. The van der Waals surface area contributed by atoms with Crippen LogP contribution in [0, 0.1) is 6.92 Å². The van der Waals surface area contributed by atoms with Crippen LogP contribution >= 0.6 is 11.6 Å². The maximum atomic E-state index is 12.0. The van der Waals surface area contributed by atoms with Crippen LogP contribution in [0.1, 0.15) is 21.9 Å². The molecule has 0 aliphatic carbocycles. The zero-order valence-corrected chi connectivity index (χ0v) is 14.7. The third kappa shape index (κ3) is 5.77. The van der Waals surface area contributed by atoms with Crippen molar-refractivity contribution in [2.75, 3.05) is 25.6 Å². The molecule has 2 amide bonds. The van der Waals surface area contributed by atoms with Gasteiger partial charge in [-0.2, -0.15) is 0 Å². The van der Waals surface area contributed by atoms with Crippen LogP contribution in [0.15, 0.2) is 40.8 Å². The van der Waals surface area contributed by atoms with Crippen molar-refractivity contribution in [2.45, 2.75) is 6.92 Å². The van der Waals surface area contributed by atoms with E-state index in [0.717, 1.165) is 5.76 Å². The first-order chi connectivity index (χ1) is 12.0. The molecular weight excluding hydrogens is 344 g/mol. The lowest BCUT2D eigenvalue weighted by molar-refractivity contribution is -0.111. The quantitative estimate of drug-likeness (QED) is 0.585. The van der Waals surface area contributed by atoms with Gasteiger partial charge in [-0.3, -0.25) is 9.59 Å². The highest BCUT2D eigenvalue weighted by Crippen LogP contribution is 2.21. The van der Waals surface area contributed by atoms with Crippen molar-refractivity contribution in [3.05, 3.63) is 58.5 Å². The summed E-state index contributed by atoms with van der Waals surface area (Å²) in [4.78, 5) is 23.9. The molecule has 2 N–H and O–H groups in total. The van der Waals surface area contributed by atoms with Crippen LogP contribution in [0.5, 0.6) is 0 Å². The van der Waals surface area contributed by atoms with Gasteiger partial charge in [0, 0.05) is 25.4 Å². The highest BCUT2D eigenvalue weighted by molar-refractivity contribution is 6.34. The van der Waals surface area contributed by atoms with Crippen LogP contribution < -0.4 is 10.6 Å². The zero-order valence-electron chi connectivity index (χ0n) is 14.0. The molecule has 2 aromatic rings. The summed E-state index contributed by atoms with van der Waals surface area (Å²) in [5.74, 6) is 0.732. The molecule has 6 nitrogen and oxygen atoms in total. The number of halogens is 1. The van der Waals surface area contributed by atoms with Crippen LogP contribution in [0.2, 0.25) is 5.02 Å². The van der Waals surface area contributed by atoms with Crippen molar-refractivity contribution in [3.8, 4) is 0 Å². The first-order valence-electron chi connectivity index (χ1n) is 7.62. The van der Waals surface area contributed by atoms with Gasteiger partial charge in [-0.15, -0.1) is 0 Å². The Morgan fingerprint density at radius 1 is 1.28 bits per heavy atom. The van der Waals surface area contributed by atoms with Gasteiger partial charge in [-0.1, -0.05) is 11.6 Å². The van der Waals surface area contributed by atoms with Crippen molar-refractivity contribution in [1.29, 1.82) is 0 Å². The summed E-state index contributed by atoms with van der Waals surface area (Å²) >= 11 is 6.12. The number of carbonyl (C=O) groups excluding carboxylic acids is 2. The second-order valence-electron chi connectivity index (χ2n) is 5.21. The fourth-order valence-electron chi connectivity index (χ4n) is 2.02. The van der Waals surface area contributed by atoms with Crippen molar-refractivity contribution in [1.82, 2.24) is 5.32 Å². The Kier molecular flexibility index (Phi) is 6.80. The molecule has 132 valence electrons. The second kappa shape index (κ2) is 9.05. The molecule has 1 aromatic heterocycles. The smallest absolute Gasteiger partial charge is 0.252 e. The van der Waals surface area contributed by atoms with E-state index in [0.29, 0.717) is 30.2 Å². The highest BCUT2D eigenvalue weighted by Gasteiger charge is 2.11. The number of hydrogen-bond donors (Lipinski definition) is 2. The molecule has 0 saturated carbocycles. The Balaban J connectivity index is 1.96. The number of aryl methyl sites for hydroxylation is 1. The third-order valence-corrected chi connectivity index (χ3v) is 3.55. The summed E-state index contributed by atoms with van der Waals surface area (Å²) in [7, 11) is 1.55. The van der Waals surface area contributed by atoms with Gasteiger partial charge in [0.15, 0.2) is 0 Å². The van der Waals surface area contributed by atoms with Gasteiger partial charge in [0.2, 0.25) is 5.91 Å². The average Bonchev–Trinajstić information content (AvgIpc) is 2.98. The van der Waals surface area contributed by atoms with Crippen molar-refractivity contribution >= 4 is 35.2 Å². The van der Waals surface area contributed by atoms with Gasteiger partial charge < -0.3 is 19.8 Å². The lowest BCUT2D eigenvalue weighted by atomic mass is 10.2. The molecular formula is C18H19ClN2O4. The van der Waals surface area contributed by atoms with Crippen LogP contribution in [0.3, 0.4) is 0 Å². The first kappa shape index (κ1) is 18.8. The molecule has 0 radical (unpaired) electrons. The van der Waals surface area contributed by atoms with E-state index in [1.165, 1.54) is 12.1 Å². The predicted octanol–water partition coefficient (Wildman–Crippen LogP) is 3.27. The number of rotatable bonds is 7. The SMILES string of the molecule is COCCNC(=O)c1ccc(NC(=O)/C=C\c2ccc(C)o2)cc1Cl. The third-order valence-electron chi connectivity index (χ3n) is 3.23. The van der Waals surface area contributed by atoms with E-state index in [9.17, 15) is 9.59 Å². The van der Waals surface area contributed by atoms with E-state index < -0.39 is 0 Å². The molecule has 0 fully saturated rings. The summed E-state index contributed by atoms with van der Waals surface area (Å²) in [6.07, 6.45) is 2.93. The van der Waals surface area contributed by atoms with E-state index in [1.807, 2.05) is 13.0 Å². The number of methoxy groups -OCH3 is 1. The standard InChI is InChI=1S/C18H19ClN2O4/c1-12-3-5-14(25-12)6-8-17(22)21-13-4-7-15(16(19)11-13)18(23)20-9-10-24-2/h3-8,11H,9-10H2,1-2H3,(H,20,23)(H,21,22)/b8-6-. The first-order valence-corrected chi connectivity index (χ1v) is 7.99. The molecule has 1 heterocycles. The molecule has 0 saturated heterocycles. The van der Waals surface area contributed by atoms with Crippen molar-refractivity contribution in [3.63, 3.8) is 0 Å². The molecule has 25 heavy (non-hydrogen) atoms. The molecule has 7 heteroatoms. The molecule has 0 atom stereocenters. The monoisotopic (exact) mass is 362 g/mol. The Bertz CT molecular complexity index is 783. The van der Waals surface area contributed by atoms with Crippen molar-refractivity contribution in [2.24, 2.45) is 0 Å². The molecule has 0 bridgehead atoms. The number of carbonyl (C=O) groups is 2. The van der Waals surface area contributed by atoms with Crippen molar-refractivity contribution < 1.29 is 18.7 Å². The Labute approximate surface area is 150 Å². The number of nitrogens with one attached hydrogen (secondary N) is 2. The minimum absolute atomic E-state index is 0.248. The molecule has 2 rings (SSSR count). The van der Waals surface area contributed by atoms with Crippen LogP contribution in [0.4, 0.5) is 5.69 Å². The molecule has 0 aliphatic rings. The van der Waals surface area contributed by atoms with E-state index >= 15 is 0 Å². The van der Waals surface area contributed by atoms with Crippen LogP contribution in [-0.4, -0.2) is 32.1 Å². The maximum Gasteiger partial charge on any atom is 0.252 e. The zero-order chi connectivity index (χ0) is 18.2. The van der Waals surface area contributed by atoms with E-state index in [2.05, 4.69) is 10.6 Å². The highest BCUT2D eigenvalue weighted by atomic mass is 35.5. The van der Waals surface area contributed by atoms with Gasteiger partial charge in [0.05, 0.1) is 17.2 Å². The number of ether oxygens (including phenoxy) is 1. The lowest BCUT2D eigenvalue weighted by Gasteiger charge is -2.08. The van der Waals surface area contributed by atoms with E-state index in [-0.39, 0.29) is 16.8 Å². The van der Waals surface area contributed by atoms with E-state index in [4.69, 9.17) is 20.8 Å². The Morgan fingerprint density at radius 3 is 2.72 bits per heavy atom. The molecule has 0 spiro atoms. The molecule has 1 aromatic carbocycles. The van der Waals surface area contributed by atoms with Gasteiger partial charge in [0.25, 0.3) is 5.91 Å². The normalized spacial score (nSPS) is 10.8. The second-order valence-corrected chi connectivity index (χ2v) is 5.62. The minimum atomic E-state index is -0.331.